The van der Waals surface area contributed by atoms with Crippen LogP contribution in [0.25, 0.3) is 0 Å². The SMILES string of the molecule is O=C(NCc1ccccn1)C1CCN(C(=O)c2c(F)cccc2Cl)CC1. The summed E-state index contributed by atoms with van der Waals surface area (Å²) in [5.74, 6) is -1.27. The summed E-state index contributed by atoms with van der Waals surface area (Å²) in [6.07, 6.45) is 2.75. The van der Waals surface area contributed by atoms with Crippen LogP contribution in [0.5, 0.6) is 0 Å². The van der Waals surface area contributed by atoms with Crippen molar-refractivity contribution in [2.24, 2.45) is 5.92 Å². The molecule has 0 saturated carbocycles. The Hall–Kier alpha value is -2.47. The van der Waals surface area contributed by atoms with Gasteiger partial charge in [0.1, 0.15) is 5.82 Å². The molecular weight excluding hydrogens is 357 g/mol. The molecule has 0 bridgehead atoms. The van der Waals surface area contributed by atoms with Crippen LogP contribution in [0.1, 0.15) is 28.9 Å². The molecule has 1 aromatic carbocycles. The Kier molecular flexibility index (Phi) is 5.83. The molecule has 1 aliphatic rings. The molecule has 7 heteroatoms. The van der Waals surface area contributed by atoms with Gasteiger partial charge in [0, 0.05) is 25.2 Å². The fourth-order valence-corrected chi connectivity index (χ4v) is 3.27. The maximum absolute atomic E-state index is 13.9. The number of carbonyl (C=O) groups excluding carboxylic acids is 2. The van der Waals surface area contributed by atoms with Crippen LogP contribution in [0.3, 0.4) is 0 Å². The van der Waals surface area contributed by atoms with Gasteiger partial charge in [-0.25, -0.2) is 4.39 Å². The highest BCUT2D eigenvalue weighted by Gasteiger charge is 2.29. The summed E-state index contributed by atoms with van der Waals surface area (Å²) < 4.78 is 13.9. The number of nitrogens with zero attached hydrogens (tertiary/aromatic N) is 2. The fraction of sp³-hybridized carbons (Fsp3) is 0.316. The van der Waals surface area contributed by atoms with Gasteiger partial charge in [-0.1, -0.05) is 23.7 Å². The second-order valence-electron chi connectivity index (χ2n) is 6.20. The van der Waals surface area contributed by atoms with Crippen molar-refractivity contribution in [2.75, 3.05) is 13.1 Å². The van der Waals surface area contributed by atoms with Gasteiger partial charge >= 0.3 is 0 Å². The zero-order valence-corrected chi connectivity index (χ0v) is 14.9. The molecular formula is C19H19ClFN3O2. The molecule has 1 aromatic heterocycles. The molecule has 1 fully saturated rings. The van der Waals surface area contributed by atoms with Crippen molar-refractivity contribution in [2.45, 2.75) is 19.4 Å². The second kappa shape index (κ2) is 8.27. The number of hydrogen-bond donors (Lipinski definition) is 1. The van der Waals surface area contributed by atoms with Crippen molar-refractivity contribution in [3.05, 3.63) is 64.7 Å². The number of aromatic nitrogens is 1. The fourth-order valence-electron chi connectivity index (χ4n) is 3.03. The van der Waals surface area contributed by atoms with Gasteiger partial charge in [0.25, 0.3) is 5.91 Å². The lowest BCUT2D eigenvalue weighted by Gasteiger charge is -2.31. The molecule has 0 unspecified atom stereocenters. The number of halogens is 2. The van der Waals surface area contributed by atoms with Gasteiger partial charge in [-0.05, 0) is 37.1 Å². The average Bonchev–Trinajstić information content (AvgIpc) is 2.67. The van der Waals surface area contributed by atoms with Crippen molar-refractivity contribution >= 4 is 23.4 Å². The maximum atomic E-state index is 13.9. The van der Waals surface area contributed by atoms with E-state index in [0.717, 1.165) is 5.69 Å². The number of carbonyl (C=O) groups is 2. The lowest BCUT2D eigenvalue weighted by molar-refractivity contribution is -0.126. The molecule has 1 N–H and O–H groups in total. The molecule has 0 aliphatic carbocycles. The van der Waals surface area contributed by atoms with Crippen LogP contribution < -0.4 is 5.32 Å². The van der Waals surface area contributed by atoms with Crippen molar-refractivity contribution < 1.29 is 14.0 Å². The Balaban J connectivity index is 1.54. The monoisotopic (exact) mass is 375 g/mol. The molecule has 2 aromatic rings. The predicted octanol–water partition coefficient (Wildman–Crippen LogP) is 3.04. The van der Waals surface area contributed by atoms with Crippen molar-refractivity contribution in [3.63, 3.8) is 0 Å². The normalized spacial score (nSPS) is 14.9. The van der Waals surface area contributed by atoms with Crippen molar-refractivity contribution in [1.82, 2.24) is 15.2 Å². The summed E-state index contributed by atoms with van der Waals surface area (Å²) >= 11 is 5.96. The van der Waals surface area contributed by atoms with Crippen LogP contribution >= 0.6 is 11.6 Å². The largest absolute Gasteiger partial charge is 0.350 e. The Morgan fingerprint density at radius 1 is 1.19 bits per heavy atom. The lowest BCUT2D eigenvalue weighted by atomic mass is 9.95. The number of hydrogen-bond acceptors (Lipinski definition) is 3. The predicted molar refractivity (Wildman–Crippen MR) is 96.1 cm³/mol. The van der Waals surface area contributed by atoms with Crippen LogP contribution in [-0.4, -0.2) is 34.8 Å². The topological polar surface area (TPSA) is 62.3 Å². The van der Waals surface area contributed by atoms with E-state index < -0.39 is 11.7 Å². The van der Waals surface area contributed by atoms with E-state index in [2.05, 4.69) is 10.3 Å². The van der Waals surface area contributed by atoms with Gasteiger partial charge in [-0.3, -0.25) is 14.6 Å². The van der Waals surface area contributed by atoms with Gasteiger partial charge < -0.3 is 10.2 Å². The summed E-state index contributed by atoms with van der Waals surface area (Å²) in [5, 5.41) is 2.98. The highest BCUT2D eigenvalue weighted by Crippen LogP contribution is 2.24. The molecule has 2 heterocycles. The lowest BCUT2D eigenvalue weighted by Crippen LogP contribution is -2.43. The maximum Gasteiger partial charge on any atom is 0.258 e. The van der Waals surface area contributed by atoms with Crippen LogP contribution in [0, 0.1) is 11.7 Å². The molecule has 1 saturated heterocycles. The van der Waals surface area contributed by atoms with Crippen LogP contribution in [0.4, 0.5) is 4.39 Å². The summed E-state index contributed by atoms with van der Waals surface area (Å²) in [4.78, 5) is 30.5. The Morgan fingerprint density at radius 2 is 1.96 bits per heavy atom. The minimum Gasteiger partial charge on any atom is -0.350 e. The van der Waals surface area contributed by atoms with E-state index in [1.807, 2.05) is 18.2 Å². The molecule has 2 amide bonds. The van der Waals surface area contributed by atoms with Gasteiger partial charge in [-0.15, -0.1) is 0 Å². The standard InChI is InChI=1S/C19H19ClFN3O2/c20-15-5-3-6-16(21)17(15)19(26)24-10-7-13(8-11-24)18(25)23-12-14-4-1-2-9-22-14/h1-6,9,13H,7-8,10-12H2,(H,23,25). The Bertz CT molecular complexity index is 772. The number of nitrogens with one attached hydrogen (secondary N) is 1. The molecule has 1 aliphatic heterocycles. The number of likely N-dealkylation sites (tertiary alicyclic amines) is 1. The van der Waals surface area contributed by atoms with Gasteiger partial charge in [-0.2, -0.15) is 0 Å². The Morgan fingerprint density at radius 3 is 2.62 bits per heavy atom. The van der Waals surface area contributed by atoms with Gasteiger partial charge in [0.15, 0.2) is 0 Å². The smallest absolute Gasteiger partial charge is 0.258 e. The first-order chi connectivity index (χ1) is 12.6. The van der Waals surface area contributed by atoms with E-state index >= 15 is 0 Å². The van der Waals surface area contributed by atoms with E-state index in [1.165, 1.54) is 18.2 Å². The summed E-state index contributed by atoms with van der Waals surface area (Å²) in [6.45, 7) is 1.17. The zero-order valence-electron chi connectivity index (χ0n) is 14.1. The van der Waals surface area contributed by atoms with Gasteiger partial charge in [0.2, 0.25) is 5.91 Å². The van der Waals surface area contributed by atoms with Crippen LogP contribution in [-0.2, 0) is 11.3 Å². The highest BCUT2D eigenvalue weighted by molar-refractivity contribution is 6.33. The minimum absolute atomic E-state index is 0.0494. The number of pyridine rings is 1. The third-order valence-corrected chi connectivity index (χ3v) is 4.81. The van der Waals surface area contributed by atoms with Crippen LogP contribution in [0.2, 0.25) is 5.02 Å². The van der Waals surface area contributed by atoms with E-state index in [9.17, 15) is 14.0 Å². The van der Waals surface area contributed by atoms with Crippen molar-refractivity contribution in [3.8, 4) is 0 Å². The van der Waals surface area contributed by atoms with Crippen LogP contribution in [0.15, 0.2) is 42.6 Å². The zero-order chi connectivity index (χ0) is 18.5. The van der Waals surface area contributed by atoms with E-state index in [0.29, 0.717) is 32.5 Å². The van der Waals surface area contributed by atoms with E-state index in [1.54, 1.807) is 11.1 Å². The third kappa shape index (κ3) is 4.19. The first-order valence-corrected chi connectivity index (χ1v) is 8.85. The molecule has 136 valence electrons. The van der Waals surface area contributed by atoms with Crippen molar-refractivity contribution in [1.29, 1.82) is 0 Å². The number of rotatable bonds is 4. The van der Waals surface area contributed by atoms with E-state index in [4.69, 9.17) is 11.6 Å². The van der Waals surface area contributed by atoms with E-state index in [-0.39, 0.29) is 22.4 Å². The quantitative estimate of drug-likeness (QED) is 0.893. The molecule has 0 spiro atoms. The second-order valence-corrected chi connectivity index (χ2v) is 6.61. The average molecular weight is 376 g/mol. The minimum atomic E-state index is -0.627. The molecule has 0 radical (unpaired) electrons. The molecule has 0 atom stereocenters. The summed E-state index contributed by atoms with van der Waals surface area (Å²) in [6, 6.07) is 9.71. The summed E-state index contributed by atoms with van der Waals surface area (Å²) in [5.41, 5.74) is 0.690. The summed E-state index contributed by atoms with van der Waals surface area (Å²) in [7, 11) is 0. The number of piperidine rings is 1. The highest BCUT2D eigenvalue weighted by atomic mass is 35.5. The molecule has 26 heavy (non-hydrogen) atoms. The number of amides is 2. The number of benzene rings is 1. The molecule has 3 rings (SSSR count). The first-order valence-electron chi connectivity index (χ1n) is 8.47. The van der Waals surface area contributed by atoms with Gasteiger partial charge in [0.05, 0.1) is 22.8 Å². The first kappa shape index (κ1) is 18.3. The molecule has 5 nitrogen and oxygen atoms in total. The third-order valence-electron chi connectivity index (χ3n) is 4.50. The Labute approximate surface area is 156 Å².